The Kier molecular flexibility index (Phi) is 7.10. The molecule has 1 fully saturated rings. The van der Waals surface area contributed by atoms with Crippen LogP contribution in [0.5, 0.6) is 0 Å². The molecule has 1 atom stereocenters. The van der Waals surface area contributed by atoms with Crippen molar-refractivity contribution in [3.8, 4) is 11.3 Å². The summed E-state index contributed by atoms with van der Waals surface area (Å²) in [6, 6.07) is 9.73. The fourth-order valence-corrected chi connectivity index (χ4v) is 5.77. The van der Waals surface area contributed by atoms with Crippen LogP contribution in [0.4, 0.5) is 14.6 Å². The molecule has 3 heterocycles. The summed E-state index contributed by atoms with van der Waals surface area (Å²) in [4.78, 5) is 21.7. The lowest BCUT2D eigenvalue weighted by Crippen LogP contribution is -2.40. The standard InChI is InChI=1S/C26H25F2N7O3S/c1-2-21(36)34-12-4-5-18(14-34)35-26-22(25(29)30-15-31-26)24(33-35)17-10-8-16(9-11-17)13-32-39(37,38)20-7-3-6-19(27)23(20)28/h2-3,6-11,15,18,32H,1,4-5,12-14H2,(H2,29,30,31)/t18-/m1/s1. The second-order valence-corrected chi connectivity index (χ2v) is 10.8. The summed E-state index contributed by atoms with van der Waals surface area (Å²) in [5, 5.41) is 5.39. The second kappa shape index (κ2) is 10.5. The van der Waals surface area contributed by atoms with E-state index < -0.39 is 26.6 Å². The minimum atomic E-state index is -4.28. The molecule has 0 bridgehead atoms. The van der Waals surface area contributed by atoms with Gasteiger partial charge in [0.15, 0.2) is 17.3 Å². The number of rotatable bonds is 7. The van der Waals surface area contributed by atoms with Gasteiger partial charge in [0.25, 0.3) is 0 Å². The van der Waals surface area contributed by atoms with Crippen molar-refractivity contribution >= 4 is 32.8 Å². The molecule has 1 aliphatic rings. The Balaban J connectivity index is 1.41. The third kappa shape index (κ3) is 5.10. The molecule has 0 radical (unpaired) electrons. The van der Waals surface area contributed by atoms with E-state index in [1.54, 1.807) is 33.8 Å². The van der Waals surface area contributed by atoms with Gasteiger partial charge in [-0.1, -0.05) is 36.9 Å². The second-order valence-electron chi connectivity index (χ2n) is 9.11. The van der Waals surface area contributed by atoms with Crippen LogP contribution in [-0.4, -0.2) is 52.1 Å². The summed E-state index contributed by atoms with van der Waals surface area (Å²) < 4.78 is 56.6. The number of nitrogens with zero attached hydrogens (tertiary/aromatic N) is 5. The van der Waals surface area contributed by atoms with E-state index in [0.717, 1.165) is 31.0 Å². The predicted octanol–water partition coefficient (Wildman–Crippen LogP) is 3.18. The number of hydrogen-bond donors (Lipinski definition) is 2. The molecule has 10 nitrogen and oxygen atoms in total. The lowest BCUT2D eigenvalue weighted by Gasteiger charge is -2.32. The maximum Gasteiger partial charge on any atom is 0.246 e. The van der Waals surface area contributed by atoms with Crippen LogP contribution < -0.4 is 10.5 Å². The molecular weight excluding hydrogens is 528 g/mol. The molecule has 1 amide bonds. The summed E-state index contributed by atoms with van der Waals surface area (Å²) in [6.45, 7) is 4.53. The van der Waals surface area contributed by atoms with Crippen LogP contribution in [0, 0.1) is 11.6 Å². The van der Waals surface area contributed by atoms with E-state index in [1.165, 1.54) is 12.4 Å². The first-order valence-electron chi connectivity index (χ1n) is 12.1. The van der Waals surface area contributed by atoms with Crippen LogP contribution in [-0.2, 0) is 21.4 Å². The van der Waals surface area contributed by atoms with Crippen molar-refractivity contribution in [1.82, 2.24) is 29.4 Å². The molecule has 0 saturated carbocycles. The van der Waals surface area contributed by atoms with E-state index in [1.807, 2.05) is 0 Å². The number of benzene rings is 2. The molecule has 39 heavy (non-hydrogen) atoms. The Labute approximate surface area is 223 Å². The molecule has 2 aromatic heterocycles. The Morgan fingerprint density at radius 2 is 1.95 bits per heavy atom. The normalized spacial score (nSPS) is 15.9. The summed E-state index contributed by atoms with van der Waals surface area (Å²) >= 11 is 0. The number of amides is 1. The molecule has 4 aromatic rings. The Bertz CT molecular complexity index is 1670. The van der Waals surface area contributed by atoms with E-state index in [9.17, 15) is 22.0 Å². The summed E-state index contributed by atoms with van der Waals surface area (Å²) in [6.07, 6.45) is 4.26. The Morgan fingerprint density at radius 1 is 1.18 bits per heavy atom. The lowest BCUT2D eigenvalue weighted by atomic mass is 10.1. The van der Waals surface area contributed by atoms with Crippen molar-refractivity contribution in [2.75, 3.05) is 18.8 Å². The monoisotopic (exact) mass is 553 g/mol. The molecular formula is C26H25F2N7O3S. The van der Waals surface area contributed by atoms with Gasteiger partial charge in [0.2, 0.25) is 15.9 Å². The van der Waals surface area contributed by atoms with Gasteiger partial charge in [0.05, 0.1) is 11.4 Å². The minimum absolute atomic E-state index is 0.120. The van der Waals surface area contributed by atoms with Crippen molar-refractivity contribution in [3.05, 3.63) is 78.6 Å². The predicted molar refractivity (Wildman–Crippen MR) is 141 cm³/mol. The quantitative estimate of drug-likeness (QED) is 0.336. The third-order valence-electron chi connectivity index (χ3n) is 6.65. The lowest BCUT2D eigenvalue weighted by molar-refractivity contribution is -0.127. The van der Waals surface area contributed by atoms with Crippen LogP contribution >= 0.6 is 0 Å². The van der Waals surface area contributed by atoms with Gasteiger partial charge in [-0.2, -0.15) is 5.10 Å². The molecule has 202 valence electrons. The number of hydrogen-bond acceptors (Lipinski definition) is 7. The van der Waals surface area contributed by atoms with Crippen molar-refractivity contribution < 1.29 is 22.0 Å². The summed E-state index contributed by atoms with van der Waals surface area (Å²) in [5.74, 6) is -2.56. The zero-order chi connectivity index (χ0) is 27.7. The van der Waals surface area contributed by atoms with Crippen LogP contribution in [0.3, 0.4) is 0 Å². The molecule has 1 saturated heterocycles. The van der Waals surface area contributed by atoms with Gasteiger partial charge >= 0.3 is 0 Å². The van der Waals surface area contributed by atoms with Gasteiger partial charge in [0, 0.05) is 25.2 Å². The first-order chi connectivity index (χ1) is 18.7. The number of carbonyl (C=O) groups excluding carboxylic acids is 1. The van der Waals surface area contributed by atoms with E-state index in [-0.39, 0.29) is 24.3 Å². The molecule has 13 heteroatoms. The molecule has 0 spiro atoms. The van der Waals surface area contributed by atoms with Crippen LogP contribution in [0.2, 0.25) is 0 Å². The average molecular weight is 554 g/mol. The van der Waals surface area contributed by atoms with Gasteiger partial charge in [0.1, 0.15) is 22.7 Å². The van der Waals surface area contributed by atoms with Gasteiger partial charge in [-0.3, -0.25) is 4.79 Å². The van der Waals surface area contributed by atoms with Gasteiger partial charge < -0.3 is 10.6 Å². The van der Waals surface area contributed by atoms with Crippen LogP contribution in [0.25, 0.3) is 22.3 Å². The zero-order valence-corrected chi connectivity index (χ0v) is 21.5. The Morgan fingerprint density at radius 3 is 2.69 bits per heavy atom. The average Bonchev–Trinajstić information content (AvgIpc) is 3.34. The number of aromatic nitrogens is 4. The highest BCUT2D eigenvalue weighted by Gasteiger charge is 2.28. The summed E-state index contributed by atoms with van der Waals surface area (Å²) in [7, 11) is -4.28. The smallest absolute Gasteiger partial charge is 0.246 e. The minimum Gasteiger partial charge on any atom is -0.383 e. The fraction of sp³-hybridized carbons (Fsp3) is 0.231. The topological polar surface area (TPSA) is 136 Å². The number of sulfonamides is 1. The van der Waals surface area contributed by atoms with E-state index in [4.69, 9.17) is 10.8 Å². The number of likely N-dealkylation sites (tertiary alicyclic amines) is 1. The van der Waals surface area contributed by atoms with Crippen LogP contribution in [0.1, 0.15) is 24.4 Å². The largest absolute Gasteiger partial charge is 0.383 e. The number of carbonyl (C=O) groups is 1. The highest BCUT2D eigenvalue weighted by atomic mass is 32.2. The zero-order valence-electron chi connectivity index (χ0n) is 20.7. The molecule has 3 N–H and O–H groups in total. The number of anilines is 1. The highest BCUT2D eigenvalue weighted by Crippen LogP contribution is 2.34. The third-order valence-corrected chi connectivity index (χ3v) is 8.06. The van der Waals surface area contributed by atoms with Gasteiger partial charge in [-0.05, 0) is 36.6 Å². The first kappa shape index (κ1) is 26.4. The Hall–Kier alpha value is -4.23. The number of nitrogens with one attached hydrogen (secondary N) is 1. The first-order valence-corrected chi connectivity index (χ1v) is 13.6. The van der Waals surface area contributed by atoms with Gasteiger partial charge in [-0.25, -0.2) is 36.6 Å². The van der Waals surface area contributed by atoms with E-state index >= 15 is 0 Å². The van der Waals surface area contributed by atoms with Gasteiger partial charge in [-0.15, -0.1) is 0 Å². The fourth-order valence-electron chi connectivity index (χ4n) is 4.66. The number of piperidine rings is 1. The SMILES string of the molecule is C=CC(=O)N1CCC[C@@H](n2nc(-c3ccc(CNS(=O)(=O)c4cccc(F)c4F)cc3)c3c(N)ncnc32)C1. The molecule has 0 unspecified atom stereocenters. The molecule has 2 aromatic carbocycles. The number of halogens is 2. The highest BCUT2D eigenvalue weighted by molar-refractivity contribution is 7.89. The van der Waals surface area contributed by atoms with Crippen molar-refractivity contribution in [1.29, 1.82) is 0 Å². The molecule has 5 rings (SSSR count). The summed E-state index contributed by atoms with van der Waals surface area (Å²) in [5.41, 5.74) is 8.59. The number of fused-ring (bicyclic) bond motifs is 1. The maximum atomic E-state index is 14.0. The van der Waals surface area contributed by atoms with Crippen molar-refractivity contribution in [2.45, 2.75) is 30.3 Å². The number of nitrogen functional groups attached to an aromatic ring is 1. The van der Waals surface area contributed by atoms with Crippen molar-refractivity contribution in [2.24, 2.45) is 0 Å². The number of nitrogens with two attached hydrogens (primary N) is 1. The molecule has 1 aliphatic heterocycles. The maximum absolute atomic E-state index is 14.0. The van der Waals surface area contributed by atoms with Crippen molar-refractivity contribution in [3.63, 3.8) is 0 Å². The molecule has 0 aliphatic carbocycles. The van der Waals surface area contributed by atoms with Crippen LogP contribution in [0.15, 0.2) is 66.3 Å². The van der Waals surface area contributed by atoms with E-state index in [0.29, 0.717) is 40.9 Å². The van der Waals surface area contributed by atoms with E-state index in [2.05, 4.69) is 21.3 Å².